The first-order valence-electron chi connectivity index (χ1n) is 10.7. The molecule has 2 amide bonds. The Morgan fingerprint density at radius 1 is 1.25 bits per heavy atom. The van der Waals surface area contributed by atoms with Crippen LogP contribution in [0.25, 0.3) is 11.3 Å². The van der Waals surface area contributed by atoms with Gasteiger partial charge in [0.25, 0.3) is 5.69 Å². The van der Waals surface area contributed by atoms with Gasteiger partial charge < -0.3 is 15.1 Å². The van der Waals surface area contributed by atoms with Crippen LogP contribution in [0.3, 0.4) is 0 Å². The lowest BCUT2D eigenvalue weighted by Gasteiger charge is -2.10. The number of rotatable bonds is 7. The molecule has 2 aromatic carbocycles. The minimum absolute atomic E-state index is 0.0199. The van der Waals surface area contributed by atoms with Crippen LogP contribution in [-0.2, 0) is 9.59 Å². The van der Waals surface area contributed by atoms with Crippen LogP contribution >= 0.6 is 23.4 Å². The zero-order chi connectivity index (χ0) is 25.8. The predicted octanol–water partition coefficient (Wildman–Crippen LogP) is 5.08. The van der Waals surface area contributed by atoms with E-state index >= 15 is 0 Å². The van der Waals surface area contributed by atoms with Gasteiger partial charge in [-0.15, -0.1) is 5.10 Å². The summed E-state index contributed by atoms with van der Waals surface area (Å²) in [4.78, 5) is 35.5. The van der Waals surface area contributed by atoms with Gasteiger partial charge in [-0.3, -0.25) is 19.7 Å². The van der Waals surface area contributed by atoms with Crippen molar-refractivity contribution in [3.8, 4) is 11.3 Å². The molecule has 10 nitrogen and oxygen atoms in total. The number of hydrogen-bond donors (Lipinski definition) is 2. The number of furan rings is 1. The van der Waals surface area contributed by atoms with Crippen molar-refractivity contribution >= 4 is 57.9 Å². The van der Waals surface area contributed by atoms with E-state index in [1.807, 2.05) is 32.0 Å². The van der Waals surface area contributed by atoms with Crippen molar-refractivity contribution in [1.29, 1.82) is 0 Å². The van der Waals surface area contributed by atoms with E-state index < -0.39 is 10.2 Å². The highest BCUT2D eigenvalue weighted by atomic mass is 35.5. The molecule has 3 aromatic rings. The molecule has 4 rings (SSSR count). The molecule has 1 unspecified atom stereocenters. The highest BCUT2D eigenvalue weighted by Gasteiger charge is 2.32. The number of carbonyl (C=O) groups is 2. The van der Waals surface area contributed by atoms with Gasteiger partial charge in [-0.2, -0.15) is 5.10 Å². The summed E-state index contributed by atoms with van der Waals surface area (Å²) < 4.78 is 5.62. The molecule has 2 N–H and O–H groups in total. The first-order chi connectivity index (χ1) is 17.2. The summed E-state index contributed by atoms with van der Waals surface area (Å²) in [7, 11) is 0. The molecule has 0 bridgehead atoms. The number of hydrogen-bond acceptors (Lipinski definition) is 8. The normalized spacial score (nSPS) is 16.5. The number of anilines is 1. The molecular formula is C24H20ClN5O5S. The molecule has 1 aromatic heterocycles. The standard InChI is InChI=1S/C24H20ClN5O5S/c1-13-3-7-18(14(2)9-13)27-22(31)11-21-23(32)28-24(36-21)29-26-12-16-5-8-20(35-16)17-6-4-15(25)10-19(17)30(33)34/h3-10,12,21H,11H2,1-2H3,(H,27,31)(H,28,29,32). The predicted molar refractivity (Wildman–Crippen MR) is 140 cm³/mol. The van der Waals surface area contributed by atoms with Crippen molar-refractivity contribution in [3.05, 3.63) is 80.6 Å². The second-order valence-electron chi connectivity index (χ2n) is 7.94. The van der Waals surface area contributed by atoms with Crippen LogP contribution in [0.15, 0.2) is 63.2 Å². The van der Waals surface area contributed by atoms with Gasteiger partial charge in [0.05, 0.1) is 16.7 Å². The topological polar surface area (TPSA) is 139 Å². The Bertz CT molecular complexity index is 1420. The number of thioether (sulfide) groups is 1. The SMILES string of the molecule is Cc1ccc(NC(=O)CC2S/C(=N\N=Cc3ccc(-c4ccc(Cl)cc4[N+](=O)[O-])o3)NC2=O)c(C)c1. The number of amides is 2. The van der Waals surface area contributed by atoms with Gasteiger partial charge in [-0.05, 0) is 49.7 Å². The summed E-state index contributed by atoms with van der Waals surface area (Å²) in [6.45, 7) is 3.87. The average molecular weight is 526 g/mol. The van der Waals surface area contributed by atoms with Crippen LogP contribution in [0, 0.1) is 24.0 Å². The van der Waals surface area contributed by atoms with Crippen LogP contribution in [-0.4, -0.2) is 33.4 Å². The molecule has 1 saturated heterocycles. The van der Waals surface area contributed by atoms with Crippen molar-refractivity contribution in [2.45, 2.75) is 25.5 Å². The fourth-order valence-electron chi connectivity index (χ4n) is 3.48. The van der Waals surface area contributed by atoms with Crippen LogP contribution in [0.5, 0.6) is 0 Å². The number of aryl methyl sites for hydroxylation is 2. The number of benzene rings is 2. The van der Waals surface area contributed by atoms with E-state index in [9.17, 15) is 19.7 Å². The summed E-state index contributed by atoms with van der Waals surface area (Å²) >= 11 is 6.96. The number of halogens is 1. The monoisotopic (exact) mass is 525 g/mol. The highest BCUT2D eigenvalue weighted by molar-refractivity contribution is 8.15. The fourth-order valence-corrected chi connectivity index (χ4v) is 4.57. The number of nitrogens with zero attached hydrogens (tertiary/aromatic N) is 3. The number of carbonyl (C=O) groups excluding carboxylic acids is 2. The zero-order valence-electron chi connectivity index (χ0n) is 19.1. The van der Waals surface area contributed by atoms with Crippen molar-refractivity contribution in [2.75, 3.05) is 5.32 Å². The highest BCUT2D eigenvalue weighted by Crippen LogP contribution is 2.33. The Labute approximate surface area is 215 Å². The van der Waals surface area contributed by atoms with E-state index in [1.165, 1.54) is 24.4 Å². The second kappa shape index (κ2) is 10.8. The third-order valence-corrected chi connectivity index (χ3v) is 6.49. The van der Waals surface area contributed by atoms with Crippen molar-refractivity contribution in [2.24, 2.45) is 10.2 Å². The molecule has 1 aliphatic rings. The van der Waals surface area contributed by atoms with E-state index in [4.69, 9.17) is 16.0 Å². The van der Waals surface area contributed by atoms with E-state index in [2.05, 4.69) is 20.8 Å². The third kappa shape index (κ3) is 5.99. The largest absolute Gasteiger partial charge is 0.455 e. The van der Waals surface area contributed by atoms with Gasteiger partial charge in [0.15, 0.2) is 5.17 Å². The van der Waals surface area contributed by atoms with Gasteiger partial charge in [-0.1, -0.05) is 41.1 Å². The van der Waals surface area contributed by atoms with E-state index in [0.717, 1.165) is 22.9 Å². The lowest BCUT2D eigenvalue weighted by atomic mass is 10.1. The fraction of sp³-hybridized carbons (Fsp3) is 0.167. The van der Waals surface area contributed by atoms with E-state index in [0.29, 0.717) is 11.4 Å². The molecule has 0 radical (unpaired) electrons. The molecule has 0 spiro atoms. The molecule has 1 atom stereocenters. The molecule has 1 fully saturated rings. The molecule has 2 heterocycles. The molecule has 0 saturated carbocycles. The maximum atomic E-state index is 12.4. The van der Waals surface area contributed by atoms with Crippen molar-refractivity contribution in [3.63, 3.8) is 0 Å². The summed E-state index contributed by atoms with van der Waals surface area (Å²) in [5.41, 5.74) is 2.83. The number of nitro groups is 1. The van der Waals surface area contributed by atoms with Crippen molar-refractivity contribution in [1.82, 2.24) is 5.32 Å². The molecule has 12 heteroatoms. The zero-order valence-corrected chi connectivity index (χ0v) is 20.7. The van der Waals surface area contributed by atoms with Gasteiger partial charge >= 0.3 is 0 Å². The first kappa shape index (κ1) is 25.1. The molecule has 184 valence electrons. The van der Waals surface area contributed by atoms with Crippen LogP contribution in [0.2, 0.25) is 5.02 Å². The molecule has 36 heavy (non-hydrogen) atoms. The number of amidine groups is 1. The minimum atomic E-state index is -0.634. The molecule has 1 aliphatic heterocycles. The van der Waals surface area contributed by atoms with Gasteiger partial charge in [0.2, 0.25) is 11.8 Å². The first-order valence-corrected chi connectivity index (χ1v) is 11.9. The van der Waals surface area contributed by atoms with Gasteiger partial charge in [0.1, 0.15) is 16.8 Å². The summed E-state index contributed by atoms with van der Waals surface area (Å²) in [6.07, 6.45) is 1.29. The summed E-state index contributed by atoms with van der Waals surface area (Å²) in [6, 6.07) is 13.1. The molecule has 0 aliphatic carbocycles. The summed E-state index contributed by atoms with van der Waals surface area (Å²) in [5.74, 6) is -0.0398. The van der Waals surface area contributed by atoms with Crippen molar-refractivity contribution < 1.29 is 18.9 Å². The number of nitrogens with one attached hydrogen (secondary N) is 2. The Hall–Kier alpha value is -3.96. The molecular weight excluding hydrogens is 506 g/mol. The average Bonchev–Trinajstić information content (AvgIpc) is 3.42. The van der Waals surface area contributed by atoms with Gasteiger partial charge in [0, 0.05) is 23.2 Å². The lowest BCUT2D eigenvalue weighted by molar-refractivity contribution is -0.384. The maximum absolute atomic E-state index is 12.4. The van der Waals surface area contributed by atoms with Crippen LogP contribution in [0.1, 0.15) is 23.3 Å². The lowest BCUT2D eigenvalue weighted by Crippen LogP contribution is -2.28. The second-order valence-corrected chi connectivity index (χ2v) is 9.56. The maximum Gasteiger partial charge on any atom is 0.281 e. The number of nitro benzene ring substituents is 1. The Morgan fingerprint density at radius 2 is 2.06 bits per heavy atom. The van der Waals surface area contributed by atoms with E-state index in [1.54, 1.807) is 12.1 Å². The quantitative estimate of drug-likeness (QED) is 0.250. The smallest absolute Gasteiger partial charge is 0.281 e. The Kier molecular flexibility index (Phi) is 7.51. The van der Waals surface area contributed by atoms with Crippen LogP contribution < -0.4 is 10.6 Å². The van der Waals surface area contributed by atoms with E-state index in [-0.39, 0.29) is 45.4 Å². The van der Waals surface area contributed by atoms with Gasteiger partial charge in [-0.25, -0.2) is 0 Å². The Morgan fingerprint density at radius 3 is 2.81 bits per heavy atom. The summed E-state index contributed by atoms with van der Waals surface area (Å²) in [5, 5.41) is 24.5. The Balaban J connectivity index is 1.37. The minimum Gasteiger partial charge on any atom is -0.455 e. The third-order valence-electron chi connectivity index (χ3n) is 5.19. The van der Waals surface area contributed by atoms with Crippen LogP contribution in [0.4, 0.5) is 11.4 Å².